The molecule has 0 spiro atoms. The first-order valence-corrected chi connectivity index (χ1v) is 8.45. The van der Waals surface area contributed by atoms with Gasteiger partial charge in [0.05, 0.1) is 0 Å². The average molecular weight is 369 g/mol. The van der Waals surface area contributed by atoms with E-state index in [9.17, 15) is 4.79 Å². The van der Waals surface area contributed by atoms with Gasteiger partial charge in [-0.1, -0.05) is 49.7 Å². The maximum atomic E-state index is 11.7. The lowest BCUT2D eigenvalue weighted by Gasteiger charge is -2.50. The molecule has 0 atom stereocenters. The number of hydrogen-bond donors (Lipinski definition) is 0. The van der Waals surface area contributed by atoms with Crippen LogP contribution in [0.2, 0.25) is 0 Å². The molecular formula is C18H25BrO3. The molecule has 3 nitrogen and oxygen atoms in total. The molecule has 122 valence electrons. The highest BCUT2D eigenvalue weighted by atomic mass is 79.9. The molecule has 0 radical (unpaired) electrons. The van der Waals surface area contributed by atoms with Crippen molar-refractivity contribution >= 4 is 21.9 Å². The molecule has 22 heavy (non-hydrogen) atoms. The maximum absolute atomic E-state index is 11.7. The van der Waals surface area contributed by atoms with Gasteiger partial charge in [-0.15, -0.1) is 0 Å². The lowest BCUT2D eigenvalue weighted by Crippen LogP contribution is -2.52. The second kappa shape index (κ2) is 5.88. The van der Waals surface area contributed by atoms with Crippen molar-refractivity contribution in [3.8, 4) is 5.75 Å². The largest absolute Gasteiger partial charge is 0.452 e. The SMILES string of the molecule is CC(=O)OC1(Oc2cccc(Br)c2)CC(C)(C)CC(C)(C)C1. The number of benzene rings is 1. The van der Waals surface area contributed by atoms with E-state index in [4.69, 9.17) is 9.47 Å². The minimum absolute atomic E-state index is 0.0449. The van der Waals surface area contributed by atoms with E-state index in [0.717, 1.165) is 10.9 Å². The molecule has 2 rings (SSSR count). The van der Waals surface area contributed by atoms with E-state index in [1.807, 2.05) is 24.3 Å². The van der Waals surface area contributed by atoms with Gasteiger partial charge in [0.15, 0.2) is 0 Å². The van der Waals surface area contributed by atoms with Crippen LogP contribution in [0, 0.1) is 10.8 Å². The van der Waals surface area contributed by atoms with E-state index in [2.05, 4.69) is 43.6 Å². The van der Waals surface area contributed by atoms with E-state index in [1.54, 1.807) is 0 Å². The molecular weight excluding hydrogens is 344 g/mol. The zero-order chi connectivity index (χ0) is 16.6. The zero-order valence-electron chi connectivity index (χ0n) is 14.0. The van der Waals surface area contributed by atoms with E-state index < -0.39 is 5.79 Å². The highest BCUT2D eigenvalue weighted by Gasteiger charge is 2.51. The Labute approximate surface area is 141 Å². The Morgan fingerprint density at radius 3 is 2.18 bits per heavy atom. The van der Waals surface area contributed by atoms with Crippen molar-refractivity contribution < 1.29 is 14.3 Å². The van der Waals surface area contributed by atoms with Crippen molar-refractivity contribution in [2.24, 2.45) is 10.8 Å². The van der Waals surface area contributed by atoms with Crippen molar-refractivity contribution in [3.63, 3.8) is 0 Å². The molecule has 1 aromatic carbocycles. The molecule has 0 aromatic heterocycles. The van der Waals surface area contributed by atoms with E-state index in [1.165, 1.54) is 6.92 Å². The summed E-state index contributed by atoms with van der Waals surface area (Å²) in [5.74, 6) is -0.495. The molecule has 0 aliphatic heterocycles. The standard InChI is InChI=1S/C18H25BrO3/c1-13(20)21-18(22-15-8-6-7-14(19)9-15)11-16(2,3)10-17(4,5)12-18/h6-9H,10-12H2,1-5H3. The van der Waals surface area contributed by atoms with Crippen molar-refractivity contribution in [3.05, 3.63) is 28.7 Å². The summed E-state index contributed by atoms with van der Waals surface area (Å²) in [7, 11) is 0. The third-order valence-electron chi connectivity index (χ3n) is 3.88. The summed E-state index contributed by atoms with van der Waals surface area (Å²) in [4.78, 5) is 11.7. The summed E-state index contributed by atoms with van der Waals surface area (Å²) in [5, 5.41) is 0. The normalized spacial score (nSPS) is 21.9. The lowest BCUT2D eigenvalue weighted by atomic mass is 9.63. The topological polar surface area (TPSA) is 35.5 Å². The predicted octanol–water partition coefficient (Wildman–Crippen LogP) is 5.32. The number of halogens is 1. The van der Waals surface area contributed by atoms with Crippen LogP contribution < -0.4 is 4.74 Å². The van der Waals surface area contributed by atoms with E-state index >= 15 is 0 Å². The van der Waals surface area contributed by atoms with Crippen LogP contribution in [0.25, 0.3) is 0 Å². The Morgan fingerprint density at radius 2 is 1.68 bits per heavy atom. The number of hydrogen-bond acceptors (Lipinski definition) is 3. The van der Waals surface area contributed by atoms with E-state index in [0.29, 0.717) is 18.6 Å². The molecule has 1 aliphatic carbocycles. The maximum Gasteiger partial charge on any atom is 0.305 e. The second-order valence-corrected chi connectivity index (χ2v) is 8.84. The van der Waals surface area contributed by atoms with Crippen molar-refractivity contribution in [1.82, 2.24) is 0 Å². The van der Waals surface area contributed by atoms with Crippen LogP contribution in [0.1, 0.15) is 53.9 Å². The van der Waals surface area contributed by atoms with Crippen LogP contribution >= 0.6 is 15.9 Å². The second-order valence-electron chi connectivity index (χ2n) is 7.92. The summed E-state index contributed by atoms with van der Waals surface area (Å²) in [5.41, 5.74) is 0.0897. The Bertz CT molecular complexity index is 547. The van der Waals surface area contributed by atoms with Crippen LogP contribution in [0.4, 0.5) is 0 Å². The summed E-state index contributed by atoms with van der Waals surface area (Å²) in [6.45, 7) is 10.3. The molecule has 4 heteroatoms. The molecule has 1 fully saturated rings. The highest BCUT2D eigenvalue weighted by molar-refractivity contribution is 9.10. The quantitative estimate of drug-likeness (QED) is 0.534. The fraction of sp³-hybridized carbons (Fsp3) is 0.611. The van der Waals surface area contributed by atoms with Crippen LogP contribution in [0.3, 0.4) is 0 Å². The van der Waals surface area contributed by atoms with Crippen molar-refractivity contribution in [2.45, 2.75) is 59.7 Å². The molecule has 1 saturated carbocycles. The van der Waals surface area contributed by atoms with Gasteiger partial charge < -0.3 is 9.47 Å². The summed E-state index contributed by atoms with van der Waals surface area (Å²) in [6.07, 6.45) is 2.45. The molecule has 0 N–H and O–H groups in total. The van der Waals surface area contributed by atoms with Crippen LogP contribution in [0.15, 0.2) is 28.7 Å². The first kappa shape index (κ1) is 17.3. The van der Waals surface area contributed by atoms with E-state index in [-0.39, 0.29) is 16.8 Å². The zero-order valence-corrected chi connectivity index (χ0v) is 15.6. The molecule has 1 aromatic rings. The molecule has 0 saturated heterocycles. The van der Waals surface area contributed by atoms with Gasteiger partial charge in [-0.2, -0.15) is 0 Å². The van der Waals surface area contributed by atoms with Gasteiger partial charge in [-0.05, 0) is 35.4 Å². The number of esters is 1. The fourth-order valence-electron chi connectivity index (χ4n) is 4.11. The Balaban J connectivity index is 2.37. The summed E-state index contributed by atoms with van der Waals surface area (Å²) >= 11 is 3.45. The number of rotatable bonds is 3. The molecule has 0 heterocycles. The van der Waals surface area contributed by atoms with Gasteiger partial charge in [-0.3, -0.25) is 4.79 Å². The Kier molecular flexibility index (Phi) is 4.63. The summed E-state index contributed by atoms with van der Waals surface area (Å²) < 4.78 is 12.9. The number of carbonyl (C=O) groups excluding carboxylic acids is 1. The molecule has 0 unspecified atom stereocenters. The van der Waals surface area contributed by atoms with Gasteiger partial charge in [0, 0.05) is 24.2 Å². The number of carbonyl (C=O) groups is 1. The third-order valence-corrected chi connectivity index (χ3v) is 4.38. The smallest absolute Gasteiger partial charge is 0.305 e. The van der Waals surface area contributed by atoms with Gasteiger partial charge >= 0.3 is 5.97 Å². The first-order valence-electron chi connectivity index (χ1n) is 7.65. The molecule has 0 amide bonds. The van der Waals surface area contributed by atoms with Crippen LogP contribution in [-0.4, -0.2) is 11.8 Å². The monoisotopic (exact) mass is 368 g/mol. The fourth-order valence-corrected chi connectivity index (χ4v) is 4.49. The predicted molar refractivity (Wildman–Crippen MR) is 90.7 cm³/mol. The van der Waals surface area contributed by atoms with Crippen LogP contribution in [0.5, 0.6) is 5.75 Å². The highest BCUT2D eigenvalue weighted by Crippen LogP contribution is 2.52. The van der Waals surface area contributed by atoms with Gasteiger partial charge in [0.2, 0.25) is 0 Å². The third kappa shape index (κ3) is 4.48. The van der Waals surface area contributed by atoms with Crippen LogP contribution in [-0.2, 0) is 9.53 Å². The Morgan fingerprint density at radius 1 is 1.09 bits per heavy atom. The molecule has 1 aliphatic rings. The Hall–Kier alpha value is -1.03. The lowest BCUT2D eigenvalue weighted by molar-refractivity contribution is -0.233. The summed E-state index contributed by atoms with van der Waals surface area (Å²) in [6, 6.07) is 7.66. The minimum Gasteiger partial charge on any atom is -0.452 e. The first-order chi connectivity index (χ1) is 10.0. The van der Waals surface area contributed by atoms with Gasteiger partial charge in [-0.25, -0.2) is 0 Å². The molecule has 0 bridgehead atoms. The minimum atomic E-state index is -0.905. The van der Waals surface area contributed by atoms with Crippen molar-refractivity contribution in [2.75, 3.05) is 0 Å². The average Bonchev–Trinajstić information content (AvgIpc) is 2.21. The van der Waals surface area contributed by atoms with Crippen molar-refractivity contribution in [1.29, 1.82) is 0 Å². The van der Waals surface area contributed by atoms with Gasteiger partial charge in [0.1, 0.15) is 5.75 Å². The number of ether oxygens (including phenoxy) is 2. The van der Waals surface area contributed by atoms with Gasteiger partial charge in [0.25, 0.3) is 5.79 Å².